The van der Waals surface area contributed by atoms with Gasteiger partial charge in [-0.3, -0.25) is 14.8 Å². The second-order valence-corrected chi connectivity index (χ2v) is 10.4. The van der Waals surface area contributed by atoms with Gasteiger partial charge in [0.25, 0.3) is 5.79 Å². The molecule has 1 heterocycles. The van der Waals surface area contributed by atoms with Crippen LogP contribution < -0.4 is 4.90 Å². The van der Waals surface area contributed by atoms with E-state index in [4.69, 9.17) is 14.5 Å². The summed E-state index contributed by atoms with van der Waals surface area (Å²) in [5, 5.41) is 0. The van der Waals surface area contributed by atoms with Crippen LogP contribution in [0.2, 0.25) is 0 Å². The highest BCUT2D eigenvalue weighted by Crippen LogP contribution is 2.39. The molecule has 218 valence electrons. The molecule has 1 aromatic carbocycles. The van der Waals surface area contributed by atoms with Gasteiger partial charge in [0.1, 0.15) is 11.7 Å². The lowest BCUT2D eigenvalue weighted by molar-refractivity contribution is -0.241. The third-order valence-corrected chi connectivity index (χ3v) is 7.62. The molecule has 1 fully saturated rings. The molecular weight excluding hydrogens is 510 g/mol. The van der Waals surface area contributed by atoms with Crippen LogP contribution in [-0.2, 0) is 20.1 Å². The van der Waals surface area contributed by atoms with Gasteiger partial charge in [0.15, 0.2) is 0 Å². The molecule has 0 radical (unpaired) electrons. The fraction of sp³-hybridized carbons (Fsp3) is 0.400. The average Bonchev–Trinajstić information content (AvgIpc) is 2.97. The van der Waals surface area contributed by atoms with E-state index < -0.39 is 11.7 Å². The summed E-state index contributed by atoms with van der Waals surface area (Å²) in [5.74, 6) is -1.55. The number of aliphatic imine (C=N–C) groups is 2. The maximum Gasteiger partial charge on any atom is 0.320 e. The zero-order valence-corrected chi connectivity index (χ0v) is 25.7. The average molecular weight is 556 g/mol. The standard InChI is InChI=1S/C35H45N3O3/c1-9-26(5)28(24-37-33-18-13-12-17-32(33)36-8)23-25(4)15-14-16-31-27(6)40-35(7,41-34(31)39)29-19-21-30(22-20-29)38(10-2)11-3/h9,12-13,15,17-23,31H,6,10-11,14,16,24H2,1-5,7-8H3/b25-15-,26-9-,28-23-,36-32-,37-33-. The van der Waals surface area contributed by atoms with E-state index in [1.807, 2.05) is 55.5 Å². The Hall–Kier alpha value is -3.93. The molecule has 0 saturated carbocycles. The van der Waals surface area contributed by atoms with Crippen LogP contribution in [0.4, 0.5) is 5.69 Å². The molecule has 6 heteroatoms. The number of hydrogen-bond acceptors (Lipinski definition) is 6. The molecule has 2 unspecified atom stereocenters. The van der Waals surface area contributed by atoms with Gasteiger partial charge in [0.2, 0.25) is 0 Å². The van der Waals surface area contributed by atoms with Crippen LogP contribution in [0.5, 0.6) is 0 Å². The number of nitrogens with zero attached hydrogens (tertiary/aromatic N) is 3. The van der Waals surface area contributed by atoms with Crippen LogP contribution >= 0.6 is 0 Å². The molecule has 0 aromatic heterocycles. The molecule has 1 aromatic rings. The van der Waals surface area contributed by atoms with Crippen LogP contribution in [0.1, 0.15) is 59.9 Å². The monoisotopic (exact) mass is 555 g/mol. The van der Waals surface area contributed by atoms with E-state index in [0.717, 1.165) is 46.9 Å². The number of rotatable bonds is 11. The fourth-order valence-electron chi connectivity index (χ4n) is 4.94. The summed E-state index contributed by atoms with van der Waals surface area (Å²) in [7, 11) is 1.78. The molecule has 3 rings (SSSR count). The topological polar surface area (TPSA) is 63.5 Å². The number of anilines is 1. The Kier molecular flexibility index (Phi) is 11.3. The molecule has 1 saturated heterocycles. The molecule has 2 atom stereocenters. The smallest absolute Gasteiger partial charge is 0.320 e. The van der Waals surface area contributed by atoms with E-state index in [1.54, 1.807) is 14.0 Å². The number of carbonyl (C=O) groups is 1. The van der Waals surface area contributed by atoms with Gasteiger partial charge in [-0.15, -0.1) is 0 Å². The Morgan fingerprint density at radius 3 is 2.32 bits per heavy atom. The fourth-order valence-corrected chi connectivity index (χ4v) is 4.94. The second-order valence-electron chi connectivity index (χ2n) is 10.4. The number of carbonyl (C=O) groups excluding carboxylic acids is 1. The van der Waals surface area contributed by atoms with Crippen molar-refractivity contribution in [2.24, 2.45) is 15.9 Å². The Morgan fingerprint density at radius 2 is 1.73 bits per heavy atom. The maximum atomic E-state index is 13.1. The molecule has 2 aliphatic rings. The minimum absolute atomic E-state index is 0.303. The van der Waals surface area contributed by atoms with Gasteiger partial charge < -0.3 is 14.4 Å². The van der Waals surface area contributed by atoms with Crippen LogP contribution in [0.25, 0.3) is 0 Å². The van der Waals surface area contributed by atoms with Gasteiger partial charge in [-0.1, -0.05) is 48.1 Å². The van der Waals surface area contributed by atoms with E-state index in [-0.39, 0.29) is 5.97 Å². The first-order valence-corrected chi connectivity index (χ1v) is 14.5. The summed E-state index contributed by atoms with van der Waals surface area (Å²) in [6.45, 7) is 18.7. The van der Waals surface area contributed by atoms with Gasteiger partial charge in [-0.25, -0.2) is 0 Å². The highest BCUT2D eigenvalue weighted by molar-refractivity contribution is 6.51. The molecule has 0 N–H and O–H groups in total. The predicted molar refractivity (Wildman–Crippen MR) is 172 cm³/mol. The Labute approximate surface area is 246 Å². The third kappa shape index (κ3) is 8.06. The first-order valence-electron chi connectivity index (χ1n) is 14.5. The summed E-state index contributed by atoms with van der Waals surface area (Å²) in [6, 6.07) is 7.99. The Balaban J connectivity index is 1.65. The van der Waals surface area contributed by atoms with Crippen molar-refractivity contribution in [3.8, 4) is 0 Å². The van der Waals surface area contributed by atoms with E-state index >= 15 is 0 Å². The number of hydrogen-bond donors (Lipinski definition) is 0. The van der Waals surface area contributed by atoms with Gasteiger partial charge in [-0.2, -0.15) is 0 Å². The molecule has 0 amide bonds. The summed E-state index contributed by atoms with van der Waals surface area (Å²) < 4.78 is 12.0. The van der Waals surface area contributed by atoms with Crippen molar-refractivity contribution in [3.63, 3.8) is 0 Å². The number of ether oxygens (including phenoxy) is 2. The quantitative estimate of drug-likeness (QED) is 0.160. The number of benzene rings is 1. The Morgan fingerprint density at radius 1 is 1.07 bits per heavy atom. The predicted octanol–water partition coefficient (Wildman–Crippen LogP) is 7.67. The first-order chi connectivity index (χ1) is 19.6. The molecule has 0 bridgehead atoms. The lowest BCUT2D eigenvalue weighted by Crippen LogP contribution is -2.41. The van der Waals surface area contributed by atoms with Crippen LogP contribution in [0.3, 0.4) is 0 Å². The highest BCUT2D eigenvalue weighted by atomic mass is 16.7. The Bertz CT molecular complexity index is 1300. The van der Waals surface area contributed by atoms with Crippen molar-refractivity contribution in [2.45, 2.75) is 60.2 Å². The van der Waals surface area contributed by atoms with Gasteiger partial charge in [0, 0.05) is 38.3 Å². The normalized spacial score (nSPS) is 23.7. The van der Waals surface area contributed by atoms with Crippen molar-refractivity contribution in [2.75, 3.05) is 31.6 Å². The van der Waals surface area contributed by atoms with Crippen LogP contribution in [-0.4, -0.2) is 44.1 Å². The third-order valence-electron chi connectivity index (χ3n) is 7.62. The lowest BCUT2D eigenvalue weighted by atomic mass is 9.97. The minimum Gasteiger partial charge on any atom is -0.452 e. The van der Waals surface area contributed by atoms with Crippen molar-refractivity contribution >= 4 is 23.1 Å². The highest BCUT2D eigenvalue weighted by Gasteiger charge is 2.43. The zero-order chi connectivity index (χ0) is 30.0. The molecule has 6 nitrogen and oxygen atoms in total. The van der Waals surface area contributed by atoms with Gasteiger partial charge in [-0.05, 0) is 89.5 Å². The van der Waals surface area contributed by atoms with Crippen molar-refractivity contribution in [3.05, 3.63) is 101 Å². The number of allylic oxidation sites excluding steroid dienone is 8. The van der Waals surface area contributed by atoms with Crippen LogP contribution in [0.15, 0.2) is 106 Å². The number of cyclic esters (lactones) is 1. The molecule has 0 spiro atoms. The van der Waals surface area contributed by atoms with E-state index in [9.17, 15) is 4.79 Å². The molecule has 1 aliphatic carbocycles. The maximum absolute atomic E-state index is 13.1. The lowest BCUT2D eigenvalue weighted by Gasteiger charge is -2.38. The first kappa shape index (κ1) is 31.6. The zero-order valence-electron chi connectivity index (χ0n) is 25.7. The summed E-state index contributed by atoms with van der Waals surface area (Å²) >= 11 is 0. The molecule has 41 heavy (non-hydrogen) atoms. The number of esters is 1. The van der Waals surface area contributed by atoms with E-state index in [1.165, 1.54) is 5.57 Å². The summed E-state index contributed by atoms with van der Waals surface area (Å²) in [4.78, 5) is 24.5. The van der Waals surface area contributed by atoms with Crippen molar-refractivity contribution in [1.82, 2.24) is 0 Å². The largest absolute Gasteiger partial charge is 0.452 e. The SMILES string of the molecule is C=C1OC(C)(c2ccc(N(CC)CC)cc2)OC(=O)C1CC\C=C(C)/C=C(C/N=C1/C=CC=C/C1=N/C)\C(C)=C/C. The second kappa shape index (κ2) is 14.6. The summed E-state index contributed by atoms with van der Waals surface area (Å²) in [5.41, 5.74) is 7.10. The van der Waals surface area contributed by atoms with Crippen LogP contribution in [0, 0.1) is 5.92 Å². The minimum atomic E-state index is -1.19. The van der Waals surface area contributed by atoms with Crippen molar-refractivity contribution < 1.29 is 14.3 Å². The van der Waals surface area contributed by atoms with Gasteiger partial charge >= 0.3 is 5.97 Å². The van der Waals surface area contributed by atoms with Gasteiger partial charge in [0.05, 0.1) is 18.0 Å². The van der Waals surface area contributed by atoms with E-state index in [2.05, 4.69) is 62.4 Å². The molecular formula is C35H45N3O3. The van der Waals surface area contributed by atoms with Crippen molar-refractivity contribution in [1.29, 1.82) is 0 Å². The summed E-state index contributed by atoms with van der Waals surface area (Å²) in [6.07, 6.45) is 15.5. The molecule has 1 aliphatic heterocycles. The van der Waals surface area contributed by atoms with E-state index in [0.29, 0.717) is 25.1 Å².